The van der Waals surface area contributed by atoms with Crippen LogP contribution in [0.3, 0.4) is 0 Å². The van der Waals surface area contributed by atoms with Gasteiger partial charge in [-0.2, -0.15) is 5.10 Å². The highest BCUT2D eigenvalue weighted by molar-refractivity contribution is 5.60. The number of aryl methyl sites for hydroxylation is 1. The van der Waals surface area contributed by atoms with Gasteiger partial charge in [-0.25, -0.2) is 4.68 Å². The molecule has 0 spiro atoms. The van der Waals surface area contributed by atoms with Gasteiger partial charge in [-0.15, -0.1) is 0 Å². The van der Waals surface area contributed by atoms with Gasteiger partial charge in [0.2, 0.25) is 5.82 Å². The number of rotatable bonds is 6. The Bertz CT molecular complexity index is 477. The first-order valence-corrected chi connectivity index (χ1v) is 6.90. The minimum atomic E-state index is -0.340. The van der Waals surface area contributed by atoms with Crippen molar-refractivity contribution in [3.8, 4) is 0 Å². The Hall–Kier alpha value is -1.59. The minimum Gasteiger partial charge on any atom is -0.362 e. The van der Waals surface area contributed by atoms with Gasteiger partial charge >= 0.3 is 5.69 Å². The summed E-state index contributed by atoms with van der Waals surface area (Å²) >= 11 is 0. The first kappa shape index (κ1) is 13.8. The van der Waals surface area contributed by atoms with Crippen molar-refractivity contribution < 1.29 is 4.92 Å². The number of hydrogen-bond donors (Lipinski definition) is 1. The number of nitrogens with one attached hydrogen (secondary N) is 1. The van der Waals surface area contributed by atoms with Gasteiger partial charge in [0.25, 0.3) is 0 Å². The van der Waals surface area contributed by atoms with Crippen LogP contribution in [0.25, 0.3) is 0 Å². The molecule has 1 fully saturated rings. The molecule has 0 bridgehead atoms. The molecule has 0 radical (unpaired) electrons. The van der Waals surface area contributed by atoms with Gasteiger partial charge in [0.1, 0.15) is 5.69 Å². The normalized spacial score (nSPS) is 16.7. The van der Waals surface area contributed by atoms with Gasteiger partial charge in [0.15, 0.2) is 0 Å². The van der Waals surface area contributed by atoms with Crippen LogP contribution < -0.4 is 5.32 Å². The average Bonchev–Trinajstić information content (AvgIpc) is 3.01. The summed E-state index contributed by atoms with van der Waals surface area (Å²) in [4.78, 5) is 10.9. The van der Waals surface area contributed by atoms with E-state index in [1.165, 1.54) is 12.8 Å². The molecular formula is C13H22N4O2. The van der Waals surface area contributed by atoms with Gasteiger partial charge in [-0.1, -0.05) is 12.8 Å². The predicted molar refractivity (Wildman–Crippen MR) is 74.4 cm³/mol. The molecule has 1 saturated carbocycles. The van der Waals surface area contributed by atoms with Crippen LogP contribution in [0.4, 0.5) is 11.5 Å². The highest BCUT2D eigenvalue weighted by Crippen LogP contribution is 2.36. The van der Waals surface area contributed by atoms with Gasteiger partial charge in [-0.3, -0.25) is 10.1 Å². The Morgan fingerprint density at radius 2 is 2.11 bits per heavy atom. The van der Waals surface area contributed by atoms with Crippen LogP contribution in [-0.2, 0) is 0 Å². The van der Waals surface area contributed by atoms with Crippen LogP contribution >= 0.6 is 0 Å². The number of nitro groups is 1. The van der Waals surface area contributed by atoms with Crippen molar-refractivity contribution in [1.29, 1.82) is 0 Å². The van der Waals surface area contributed by atoms with Gasteiger partial charge in [-0.05, 0) is 40.0 Å². The van der Waals surface area contributed by atoms with Crippen LogP contribution in [0.1, 0.15) is 51.8 Å². The molecule has 19 heavy (non-hydrogen) atoms. The smallest absolute Gasteiger partial charge is 0.333 e. The summed E-state index contributed by atoms with van der Waals surface area (Å²) in [7, 11) is 0. The highest BCUT2D eigenvalue weighted by atomic mass is 16.6. The van der Waals surface area contributed by atoms with Crippen molar-refractivity contribution >= 4 is 11.5 Å². The summed E-state index contributed by atoms with van der Waals surface area (Å²) < 4.78 is 1.72. The molecule has 6 heteroatoms. The Morgan fingerprint density at radius 1 is 1.47 bits per heavy atom. The zero-order valence-corrected chi connectivity index (χ0v) is 12.0. The summed E-state index contributed by atoms with van der Waals surface area (Å²) in [6, 6.07) is 0.336. The van der Waals surface area contributed by atoms with Crippen molar-refractivity contribution in [2.24, 2.45) is 5.92 Å². The Balaban J connectivity index is 2.26. The molecule has 1 N–H and O–H groups in total. The summed E-state index contributed by atoms with van der Waals surface area (Å²) in [5, 5.41) is 18.8. The predicted octanol–water partition coefficient (Wildman–Crippen LogP) is 3.28. The summed E-state index contributed by atoms with van der Waals surface area (Å²) in [6.07, 6.45) is 3.65. The van der Waals surface area contributed by atoms with E-state index in [-0.39, 0.29) is 22.7 Å². The van der Waals surface area contributed by atoms with Crippen LogP contribution in [0, 0.1) is 23.0 Å². The lowest BCUT2D eigenvalue weighted by atomic mass is 10.1. The molecule has 106 valence electrons. The second-order valence-electron chi connectivity index (χ2n) is 5.80. The largest absolute Gasteiger partial charge is 0.362 e. The standard InChI is InChI=1S/C13H22N4O2/c1-8(2)16-13(12(17(18)19)10(4)15-16)14-9(3)7-11-5-6-11/h8-9,11,14H,5-7H2,1-4H3. The summed E-state index contributed by atoms with van der Waals surface area (Å²) in [6.45, 7) is 7.72. The maximum absolute atomic E-state index is 11.2. The molecule has 1 atom stereocenters. The first-order valence-electron chi connectivity index (χ1n) is 6.90. The second-order valence-corrected chi connectivity index (χ2v) is 5.80. The average molecular weight is 266 g/mol. The van der Waals surface area contributed by atoms with Crippen molar-refractivity contribution in [2.75, 3.05) is 5.32 Å². The van der Waals surface area contributed by atoms with E-state index in [4.69, 9.17) is 0 Å². The number of nitrogens with zero attached hydrogens (tertiary/aromatic N) is 3. The van der Waals surface area contributed by atoms with Gasteiger partial charge in [0.05, 0.1) is 4.92 Å². The van der Waals surface area contributed by atoms with Gasteiger partial charge in [0, 0.05) is 12.1 Å². The molecular weight excluding hydrogens is 244 g/mol. The van der Waals surface area contributed by atoms with E-state index in [2.05, 4.69) is 17.3 Å². The molecule has 2 rings (SSSR count). The second kappa shape index (κ2) is 5.19. The fraction of sp³-hybridized carbons (Fsp3) is 0.769. The van der Waals surface area contributed by atoms with Crippen LogP contribution in [-0.4, -0.2) is 20.7 Å². The summed E-state index contributed by atoms with van der Waals surface area (Å²) in [5.74, 6) is 1.34. The quantitative estimate of drug-likeness (QED) is 0.633. The van der Waals surface area contributed by atoms with Crippen molar-refractivity contribution in [3.63, 3.8) is 0 Å². The molecule has 1 aliphatic carbocycles. The number of anilines is 1. The van der Waals surface area contributed by atoms with Gasteiger partial charge < -0.3 is 5.32 Å². The van der Waals surface area contributed by atoms with Crippen molar-refractivity contribution in [1.82, 2.24) is 9.78 Å². The van der Waals surface area contributed by atoms with Crippen molar-refractivity contribution in [3.05, 3.63) is 15.8 Å². The molecule has 6 nitrogen and oxygen atoms in total. The molecule has 0 aliphatic heterocycles. The summed E-state index contributed by atoms with van der Waals surface area (Å²) in [5.41, 5.74) is 0.580. The molecule has 1 aromatic heterocycles. The molecule has 0 saturated heterocycles. The monoisotopic (exact) mass is 266 g/mol. The third kappa shape index (κ3) is 3.05. The molecule has 1 heterocycles. The minimum absolute atomic E-state index is 0.100. The highest BCUT2D eigenvalue weighted by Gasteiger charge is 2.29. The lowest BCUT2D eigenvalue weighted by Gasteiger charge is -2.17. The van der Waals surface area contributed by atoms with Crippen LogP contribution in [0.2, 0.25) is 0 Å². The van der Waals surface area contributed by atoms with E-state index in [1.807, 2.05) is 13.8 Å². The fourth-order valence-corrected chi connectivity index (χ4v) is 2.41. The van der Waals surface area contributed by atoms with E-state index in [1.54, 1.807) is 11.6 Å². The molecule has 0 amide bonds. The lowest BCUT2D eigenvalue weighted by Crippen LogP contribution is -2.20. The van der Waals surface area contributed by atoms with E-state index < -0.39 is 0 Å². The Labute approximate surface area is 113 Å². The van der Waals surface area contributed by atoms with Crippen LogP contribution in [0.15, 0.2) is 0 Å². The molecule has 1 aromatic rings. The first-order chi connectivity index (χ1) is 8.90. The number of aromatic nitrogens is 2. The Morgan fingerprint density at radius 3 is 2.58 bits per heavy atom. The van der Waals surface area contributed by atoms with Crippen molar-refractivity contribution in [2.45, 2.75) is 59.0 Å². The Kier molecular flexibility index (Phi) is 3.78. The zero-order chi connectivity index (χ0) is 14.2. The maximum atomic E-state index is 11.2. The molecule has 1 unspecified atom stereocenters. The SMILES string of the molecule is Cc1nn(C(C)C)c(NC(C)CC2CC2)c1[N+](=O)[O-]. The topological polar surface area (TPSA) is 73.0 Å². The lowest BCUT2D eigenvalue weighted by molar-refractivity contribution is -0.384. The van der Waals surface area contributed by atoms with E-state index in [0.29, 0.717) is 11.5 Å². The van der Waals surface area contributed by atoms with Crippen LogP contribution in [0.5, 0.6) is 0 Å². The number of hydrogen-bond acceptors (Lipinski definition) is 4. The third-order valence-corrected chi connectivity index (χ3v) is 3.49. The molecule has 0 aromatic carbocycles. The van der Waals surface area contributed by atoms with E-state index >= 15 is 0 Å². The fourth-order valence-electron chi connectivity index (χ4n) is 2.41. The van der Waals surface area contributed by atoms with E-state index in [9.17, 15) is 10.1 Å². The zero-order valence-electron chi connectivity index (χ0n) is 12.0. The van der Waals surface area contributed by atoms with E-state index in [0.717, 1.165) is 12.3 Å². The third-order valence-electron chi connectivity index (χ3n) is 3.49. The maximum Gasteiger partial charge on any atom is 0.333 e. The molecule has 1 aliphatic rings.